The average molecular weight is 430 g/mol. The topological polar surface area (TPSA) is 66.8 Å². The van der Waals surface area contributed by atoms with Gasteiger partial charge in [0.05, 0.1) is 5.69 Å². The molecule has 1 aliphatic rings. The summed E-state index contributed by atoms with van der Waals surface area (Å²) in [4.78, 5) is 27.7. The van der Waals surface area contributed by atoms with E-state index in [9.17, 15) is 4.79 Å². The fourth-order valence-electron chi connectivity index (χ4n) is 4.61. The minimum Gasteiger partial charge on any atom is -0.309 e. The number of nitrogens with one attached hydrogen (secondary N) is 1. The normalized spacial score (nSPS) is 15.5. The second kappa shape index (κ2) is 7.13. The zero-order chi connectivity index (χ0) is 21.9. The van der Waals surface area contributed by atoms with E-state index in [2.05, 4.69) is 28.9 Å². The van der Waals surface area contributed by atoms with Gasteiger partial charge < -0.3 is 4.90 Å². The largest absolute Gasteiger partial charge is 0.309 e. The molecule has 7 heteroatoms. The van der Waals surface area contributed by atoms with Crippen molar-refractivity contribution in [1.82, 2.24) is 19.5 Å². The first-order chi connectivity index (χ1) is 14.9. The van der Waals surface area contributed by atoms with Gasteiger partial charge in [0.25, 0.3) is 5.56 Å². The molecule has 0 saturated carbocycles. The number of hydrogen-bond acceptors (Lipinski definition) is 5. The van der Waals surface area contributed by atoms with Crippen LogP contribution in [0.5, 0.6) is 0 Å². The molecule has 0 aliphatic carbocycles. The van der Waals surface area contributed by atoms with Gasteiger partial charge in [-0.15, -0.1) is 0 Å². The van der Waals surface area contributed by atoms with Crippen molar-refractivity contribution in [2.75, 3.05) is 4.90 Å². The molecule has 4 aromatic rings. The van der Waals surface area contributed by atoms with Crippen LogP contribution in [0.3, 0.4) is 0 Å². The lowest BCUT2D eigenvalue weighted by molar-refractivity contribution is 0.739. The van der Waals surface area contributed by atoms with E-state index >= 15 is 0 Å². The summed E-state index contributed by atoms with van der Waals surface area (Å²) in [5, 5.41) is 0.340. The number of para-hydroxylation sites is 2. The van der Waals surface area contributed by atoms with Gasteiger partial charge >= 0.3 is 0 Å². The molecular formula is C24H23N5OS. The Kier molecular flexibility index (Phi) is 4.51. The summed E-state index contributed by atoms with van der Waals surface area (Å²) >= 11 is 5.78. The van der Waals surface area contributed by atoms with Crippen LogP contribution >= 0.6 is 12.2 Å². The molecule has 0 radical (unpaired) electrons. The molecule has 5 rings (SSSR count). The molecule has 2 aromatic carbocycles. The van der Waals surface area contributed by atoms with E-state index < -0.39 is 0 Å². The first kappa shape index (κ1) is 19.6. The highest BCUT2D eigenvalue weighted by molar-refractivity contribution is 7.71. The molecule has 2 aromatic heterocycles. The second-order valence-corrected chi connectivity index (χ2v) is 8.57. The maximum Gasteiger partial charge on any atom is 0.264 e. The van der Waals surface area contributed by atoms with E-state index in [1.54, 1.807) is 0 Å². The van der Waals surface area contributed by atoms with Gasteiger partial charge in [0.1, 0.15) is 15.9 Å². The predicted octanol–water partition coefficient (Wildman–Crippen LogP) is 4.85. The SMILES string of the molecule is Cc1cccc(C)c1-n1c(C)nc2nc(N3c4ccccc4C[C@@H]3C)[nH]c(=O)c2c1=S. The number of fused-ring (bicyclic) bond motifs is 2. The lowest BCUT2D eigenvalue weighted by Gasteiger charge is -2.23. The molecule has 0 bridgehead atoms. The number of benzene rings is 2. The van der Waals surface area contributed by atoms with E-state index in [-0.39, 0.29) is 11.6 Å². The van der Waals surface area contributed by atoms with Crippen LogP contribution in [0.1, 0.15) is 29.4 Å². The van der Waals surface area contributed by atoms with Gasteiger partial charge in [0.2, 0.25) is 5.95 Å². The number of nitrogens with zero attached hydrogens (tertiary/aromatic N) is 4. The summed E-state index contributed by atoms with van der Waals surface area (Å²) in [5.41, 5.74) is 5.52. The van der Waals surface area contributed by atoms with Crippen molar-refractivity contribution in [3.63, 3.8) is 0 Å². The van der Waals surface area contributed by atoms with Crippen LogP contribution in [0.2, 0.25) is 0 Å². The van der Waals surface area contributed by atoms with E-state index in [4.69, 9.17) is 22.2 Å². The number of anilines is 2. The van der Waals surface area contributed by atoms with Crippen LogP contribution < -0.4 is 10.5 Å². The highest BCUT2D eigenvalue weighted by Crippen LogP contribution is 2.36. The van der Waals surface area contributed by atoms with Crippen molar-refractivity contribution < 1.29 is 0 Å². The molecule has 31 heavy (non-hydrogen) atoms. The molecule has 0 saturated heterocycles. The van der Waals surface area contributed by atoms with Gasteiger partial charge in [-0.1, -0.05) is 48.6 Å². The highest BCUT2D eigenvalue weighted by atomic mass is 32.1. The van der Waals surface area contributed by atoms with E-state index in [1.165, 1.54) is 5.56 Å². The average Bonchev–Trinajstić information content (AvgIpc) is 3.05. The Hall–Kier alpha value is -3.32. The maximum atomic E-state index is 13.2. The highest BCUT2D eigenvalue weighted by Gasteiger charge is 2.29. The van der Waals surface area contributed by atoms with Crippen LogP contribution in [0.15, 0.2) is 47.3 Å². The van der Waals surface area contributed by atoms with Crippen molar-refractivity contribution in [2.24, 2.45) is 0 Å². The third-order valence-electron chi connectivity index (χ3n) is 5.99. The maximum absolute atomic E-state index is 13.2. The van der Waals surface area contributed by atoms with Crippen molar-refractivity contribution in [1.29, 1.82) is 0 Å². The molecule has 0 unspecified atom stereocenters. The van der Waals surface area contributed by atoms with E-state index in [0.717, 1.165) is 28.9 Å². The van der Waals surface area contributed by atoms with E-state index in [0.29, 0.717) is 27.4 Å². The molecule has 1 N–H and O–H groups in total. The Morgan fingerprint density at radius 2 is 1.74 bits per heavy atom. The number of aromatic amines is 1. The second-order valence-electron chi connectivity index (χ2n) is 8.18. The molecule has 0 fully saturated rings. The Labute approximate surface area is 185 Å². The summed E-state index contributed by atoms with van der Waals surface area (Å²) in [6.45, 7) is 8.09. The minimum absolute atomic E-state index is 0.185. The van der Waals surface area contributed by atoms with Gasteiger partial charge in [-0.05, 0) is 56.9 Å². The van der Waals surface area contributed by atoms with Crippen molar-refractivity contribution in [3.8, 4) is 5.69 Å². The first-order valence-electron chi connectivity index (χ1n) is 10.3. The molecule has 3 heterocycles. The number of hydrogen-bond donors (Lipinski definition) is 1. The van der Waals surface area contributed by atoms with Gasteiger partial charge in [-0.2, -0.15) is 4.98 Å². The zero-order valence-corrected chi connectivity index (χ0v) is 18.7. The Bertz CT molecular complexity index is 1450. The zero-order valence-electron chi connectivity index (χ0n) is 17.9. The number of H-pyrrole nitrogens is 1. The molecule has 156 valence electrons. The molecule has 1 aliphatic heterocycles. The number of aromatic nitrogens is 4. The Morgan fingerprint density at radius 3 is 2.48 bits per heavy atom. The van der Waals surface area contributed by atoms with Crippen LogP contribution in [-0.4, -0.2) is 25.6 Å². The van der Waals surface area contributed by atoms with Gasteiger partial charge in [-0.3, -0.25) is 14.3 Å². The van der Waals surface area contributed by atoms with Crippen LogP contribution in [0, 0.1) is 25.4 Å². The van der Waals surface area contributed by atoms with Crippen molar-refractivity contribution in [3.05, 3.63) is 80.0 Å². The lowest BCUT2D eigenvalue weighted by atomic mass is 10.1. The summed E-state index contributed by atoms with van der Waals surface area (Å²) in [7, 11) is 0. The standard InChI is InChI=1S/C24H23N5OS/c1-13-8-7-9-14(2)20(13)29-16(4)25-21-19(23(29)31)22(30)27-24(26-21)28-15(3)12-17-10-5-6-11-18(17)28/h5-11,15H,12H2,1-4H3,(H,26,27,30)/t15-/m0/s1. The molecule has 0 spiro atoms. The lowest BCUT2D eigenvalue weighted by Crippen LogP contribution is -2.28. The summed E-state index contributed by atoms with van der Waals surface area (Å²) < 4.78 is 2.31. The third-order valence-corrected chi connectivity index (χ3v) is 6.38. The number of rotatable bonds is 2. The fraction of sp³-hybridized carbons (Fsp3) is 0.250. The monoisotopic (exact) mass is 429 g/mol. The van der Waals surface area contributed by atoms with E-state index in [1.807, 2.05) is 55.7 Å². The summed E-state index contributed by atoms with van der Waals surface area (Å²) in [6.07, 6.45) is 0.901. The molecular weight excluding hydrogens is 406 g/mol. The van der Waals surface area contributed by atoms with Gasteiger partial charge in [0.15, 0.2) is 5.65 Å². The quantitative estimate of drug-likeness (QED) is 0.462. The van der Waals surface area contributed by atoms with Crippen LogP contribution in [0.25, 0.3) is 16.7 Å². The molecule has 0 amide bonds. The predicted molar refractivity (Wildman–Crippen MR) is 126 cm³/mol. The van der Waals surface area contributed by atoms with Crippen molar-refractivity contribution in [2.45, 2.75) is 40.2 Å². The third kappa shape index (κ3) is 2.99. The summed E-state index contributed by atoms with van der Waals surface area (Å²) in [5.74, 6) is 1.20. The fourth-order valence-corrected chi connectivity index (χ4v) is 5.02. The molecule has 6 nitrogen and oxygen atoms in total. The Morgan fingerprint density at radius 1 is 1.03 bits per heavy atom. The number of aryl methyl sites for hydroxylation is 3. The minimum atomic E-state index is -0.269. The summed E-state index contributed by atoms with van der Waals surface area (Å²) in [6, 6.07) is 14.5. The molecule has 1 atom stereocenters. The van der Waals surface area contributed by atoms with Gasteiger partial charge in [-0.25, -0.2) is 4.98 Å². The Balaban J connectivity index is 1.75. The van der Waals surface area contributed by atoms with Crippen LogP contribution in [0.4, 0.5) is 11.6 Å². The van der Waals surface area contributed by atoms with Crippen LogP contribution in [-0.2, 0) is 6.42 Å². The van der Waals surface area contributed by atoms with Crippen molar-refractivity contribution >= 4 is 34.9 Å². The first-order valence-corrected chi connectivity index (χ1v) is 10.7. The smallest absolute Gasteiger partial charge is 0.264 e. The van der Waals surface area contributed by atoms with Gasteiger partial charge in [0, 0.05) is 11.7 Å².